The highest BCUT2D eigenvalue weighted by atomic mass is 16.5. The number of benzene rings is 2. The molecule has 1 heterocycles. The summed E-state index contributed by atoms with van der Waals surface area (Å²) in [4.78, 5) is 26.9. The number of rotatable bonds is 6. The maximum Gasteiger partial charge on any atom is 0.319 e. The summed E-state index contributed by atoms with van der Waals surface area (Å²) in [6, 6.07) is 20.3. The molecule has 1 aliphatic rings. The normalized spacial score (nSPS) is 23.3. The van der Waals surface area contributed by atoms with Crippen LogP contribution in [0.2, 0.25) is 0 Å². The number of nitrogens with zero attached hydrogens (tertiary/aromatic N) is 1. The monoisotopic (exact) mass is 351 g/mol. The largest absolute Gasteiger partial charge is 0.468 e. The lowest BCUT2D eigenvalue weighted by Crippen LogP contribution is -2.53. The molecule has 2 unspecified atom stereocenters. The SMILES string of the molecule is COC(=O)C1(C=O)CCN(Cc2ccccc2)CC1Cc1ccccc1. The number of carbonyl (C=O) groups is 2. The van der Waals surface area contributed by atoms with Crippen LogP contribution < -0.4 is 0 Å². The zero-order valence-corrected chi connectivity index (χ0v) is 15.1. The number of carbonyl (C=O) groups excluding carboxylic acids is 2. The van der Waals surface area contributed by atoms with Gasteiger partial charge in [-0.2, -0.15) is 0 Å². The third kappa shape index (κ3) is 3.86. The minimum Gasteiger partial charge on any atom is -0.468 e. The molecule has 0 aromatic heterocycles. The van der Waals surface area contributed by atoms with E-state index in [9.17, 15) is 9.59 Å². The summed E-state index contributed by atoms with van der Waals surface area (Å²) < 4.78 is 5.02. The number of likely N-dealkylation sites (tertiary alicyclic amines) is 1. The Hall–Kier alpha value is -2.46. The van der Waals surface area contributed by atoms with E-state index in [0.29, 0.717) is 25.9 Å². The van der Waals surface area contributed by atoms with E-state index in [-0.39, 0.29) is 5.92 Å². The number of hydrogen-bond acceptors (Lipinski definition) is 4. The molecule has 26 heavy (non-hydrogen) atoms. The van der Waals surface area contributed by atoms with Gasteiger partial charge >= 0.3 is 5.97 Å². The average molecular weight is 351 g/mol. The van der Waals surface area contributed by atoms with Gasteiger partial charge in [-0.25, -0.2) is 0 Å². The van der Waals surface area contributed by atoms with Crippen LogP contribution in [-0.2, 0) is 27.3 Å². The molecule has 0 N–H and O–H groups in total. The van der Waals surface area contributed by atoms with Gasteiger partial charge in [0, 0.05) is 19.6 Å². The number of aldehydes is 1. The smallest absolute Gasteiger partial charge is 0.319 e. The average Bonchev–Trinajstić information content (AvgIpc) is 2.69. The Labute approximate surface area is 154 Å². The number of hydrogen-bond donors (Lipinski definition) is 0. The van der Waals surface area contributed by atoms with E-state index in [1.54, 1.807) is 0 Å². The predicted octanol–water partition coefficient (Wildman–Crippen LogP) is 3.11. The van der Waals surface area contributed by atoms with Crippen molar-refractivity contribution in [2.45, 2.75) is 19.4 Å². The Morgan fingerprint density at radius 3 is 2.31 bits per heavy atom. The molecule has 2 atom stereocenters. The fourth-order valence-electron chi connectivity index (χ4n) is 3.91. The Bertz CT molecular complexity index is 732. The van der Waals surface area contributed by atoms with Gasteiger partial charge < -0.3 is 9.53 Å². The molecule has 1 fully saturated rings. The van der Waals surface area contributed by atoms with E-state index in [0.717, 1.165) is 18.4 Å². The highest BCUT2D eigenvalue weighted by Crippen LogP contribution is 2.38. The second-order valence-corrected chi connectivity index (χ2v) is 7.01. The van der Waals surface area contributed by atoms with Crippen LogP contribution in [0.1, 0.15) is 17.5 Å². The van der Waals surface area contributed by atoms with E-state index < -0.39 is 11.4 Å². The minimum absolute atomic E-state index is 0.104. The van der Waals surface area contributed by atoms with Crippen LogP contribution in [0.4, 0.5) is 0 Å². The first-order valence-electron chi connectivity index (χ1n) is 9.03. The molecule has 0 aliphatic carbocycles. The second-order valence-electron chi connectivity index (χ2n) is 7.01. The fraction of sp³-hybridized carbons (Fsp3) is 0.364. The van der Waals surface area contributed by atoms with Gasteiger partial charge in [0.05, 0.1) is 7.11 Å². The van der Waals surface area contributed by atoms with Gasteiger partial charge in [-0.15, -0.1) is 0 Å². The first-order chi connectivity index (χ1) is 12.7. The second kappa shape index (κ2) is 8.28. The molecule has 0 amide bonds. The Morgan fingerprint density at radius 2 is 1.73 bits per heavy atom. The first-order valence-corrected chi connectivity index (χ1v) is 9.03. The van der Waals surface area contributed by atoms with E-state index in [2.05, 4.69) is 17.0 Å². The molecule has 2 aromatic rings. The van der Waals surface area contributed by atoms with Gasteiger partial charge in [0.15, 0.2) is 0 Å². The van der Waals surface area contributed by atoms with Crippen molar-refractivity contribution in [1.82, 2.24) is 4.90 Å². The van der Waals surface area contributed by atoms with Crippen LogP contribution in [0, 0.1) is 11.3 Å². The number of esters is 1. The summed E-state index contributed by atoms with van der Waals surface area (Å²) in [6.45, 7) is 2.22. The molecule has 2 aromatic carbocycles. The predicted molar refractivity (Wildman–Crippen MR) is 100 cm³/mol. The molecule has 0 spiro atoms. The summed E-state index contributed by atoms with van der Waals surface area (Å²) in [5.74, 6) is -0.514. The van der Waals surface area contributed by atoms with Crippen molar-refractivity contribution in [2.75, 3.05) is 20.2 Å². The molecule has 4 nitrogen and oxygen atoms in total. The van der Waals surface area contributed by atoms with Crippen LogP contribution in [-0.4, -0.2) is 37.4 Å². The number of methoxy groups -OCH3 is 1. The van der Waals surface area contributed by atoms with Gasteiger partial charge in [-0.3, -0.25) is 9.69 Å². The van der Waals surface area contributed by atoms with Crippen LogP contribution in [0.15, 0.2) is 60.7 Å². The Morgan fingerprint density at radius 1 is 1.12 bits per heavy atom. The van der Waals surface area contributed by atoms with E-state index in [4.69, 9.17) is 4.74 Å². The summed E-state index contributed by atoms with van der Waals surface area (Å²) in [7, 11) is 1.36. The van der Waals surface area contributed by atoms with E-state index in [1.807, 2.05) is 48.5 Å². The Balaban J connectivity index is 1.83. The van der Waals surface area contributed by atoms with Crippen molar-refractivity contribution in [3.05, 3.63) is 71.8 Å². The summed E-state index contributed by atoms with van der Waals surface area (Å²) in [5, 5.41) is 0. The van der Waals surface area contributed by atoms with E-state index in [1.165, 1.54) is 12.7 Å². The summed E-state index contributed by atoms with van der Waals surface area (Å²) >= 11 is 0. The molecule has 1 saturated heterocycles. The molecule has 0 radical (unpaired) electrons. The van der Waals surface area contributed by atoms with E-state index >= 15 is 0 Å². The number of ether oxygens (including phenoxy) is 1. The summed E-state index contributed by atoms with van der Waals surface area (Å²) in [6.07, 6.45) is 2.00. The van der Waals surface area contributed by atoms with Gasteiger partial charge in [-0.05, 0) is 29.9 Å². The molecular formula is C22H25NO3. The third-order valence-corrected chi connectivity index (χ3v) is 5.40. The van der Waals surface area contributed by atoms with Crippen LogP contribution in [0.25, 0.3) is 0 Å². The quantitative estimate of drug-likeness (QED) is 0.456. The van der Waals surface area contributed by atoms with Crippen molar-refractivity contribution in [3.63, 3.8) is 0 Å². The van der Waals surface area contributed by atoms with Crippen molar-refractivity contribution in [3.8, 4) is 0 Å². The van der Waals surface area contributed by atoms with Crippen molar-refractivity contribution in [2.24, 2.45) is 11.3 Å². The highest BCUT2D eigenvalue weighted by Gasteiger charge is 2.49. The van der Waals surface area contributed by atoms with Crippen molar-refractivity contribution in [1.29, 1.82) is 0 Å². The molecule has 0 saturated carbocycles. The lowest BCUT2D eigenvalue weighted by molar-refractivity contribution is -0.162. The fourth-order valence-corrected chi connectivity index (χ4v) is 3.91. The molecule has 1 aliphatic heterocycles. The maximum absolute atomic E-state index is 12.5. The third-order valence-electron chi connectivity index (χ3n) is 5.40. The Kier molecular flexibility index (Phi) is 5.84. The van der Waals surface area contributed by atoms with Crippen LogP contribution >= 0.6 is 0 Å². The maximum atomic E-state index is 12.5. The lowest BCUT2D eigenvalue weighted by Gasteiger charge is -2.43. The van der Waals surface area contributed by atoms with Crippen molar-refractivity contribution >= 4 is 12.3 Å². The summed E-state index contributed by atoms with van der Waals surface area (Å²) in [5.41, 5.74) is 1.31. The molecular weight excluding hydrogens is 326 g/mol. The standard InChI is InChI=1S/C22H25NO3/c1-26-21(25)22(17-24)12-13-23(15-19-10-6-3-7-11-19)16-20(22)14-18-8-4-2-5-9-18/h2-11,17,20H,12-16H2,1H3. The molecule has 136 valence electrons. The molecule has 0 bridgehead atoms. The molecule has 3 rings (SSSR count). The minimum atomic E-state index is -1.06. The van der Waals surface area contributed by atoms with Gasteiger partial charge in [0.2, 0.25) is 0 Å². The first kappa shape index (κ1) is 18.3. The van der Waals surface area contributed by atoms with Gasteiger partial charge in [0.25, 0.3) is 0 Å². The zero-order valence-electron chi connectivity index (χ0n) is 15.1. The van der Waals surface area contributed by atoms with Gasteiger partial charge in [0.1, 0.15) is 11.7 Å². The van der Waals surface area contributed by atoms with Gasteiger partial charge in [-0.1, -0.05) is 60.7 Å². The topological polar surface area (TPSA) is 46.6 Å². The van der Waals surface area contributed by atoms with Crippen LogP contribution in [0.3, 0.4) is 0 Å². The van der Waals surface area contributed by atoms with Crippen LogP contribution in [0.5, 0.6) is 0 Å². The van der Waals surface area contributed by atoms with Crippen molar-refractivity contribution < 1.29 is 14.3 Å². The highest BCUT2D eigenvalue weighted by molar-refractivity contribution is 5.93. The number of piperidine rings is 1. The zero-order chi connectivity index (χ0) is 18.4. The molecule has 4 heteroatoms. The lowest BCUT2D eigenvalue weighted by atomic mass is 9.68.